The second-order valence-electron chi connectivity index (χ2n) is 6.39. The van der Waals surface area contributed by atoms with Crippen molar-refractivity contribution in [3.8, 4) is 0 Å². The van der Waals surface area contributed by atoms with Crippen LogP contribution in [0.1, 0.15) is 38.1 Å². The largest absolute Gasteiger partial charge is 0.467 e. The zero-order chi connectivity index (χ0) is 14.9. The summed E-state index contributed by atoms with van der Waals surface area (Å²) in [6.07, 6.45) is 3.86. The first kappa shape index (κ1) is 14.0. The highest BCUT2D eigenvalue weighted by molar-refractivity contribution is 5.21. The Kier molecular flexibility index (Phi) is 3.60. The molecule has 3 rings (SSSR count). The van der Waals surface area contributed by atoms with Gasteiger partial charge in [-0.3, -0.25) is 0 Å². The number of allylic oxidation sites excluding steroid dienone is 1. The molecule has 0 saturated carbocycles. The Morgan fingerprint density at radius 3 is 2.43 bits per heavy atom. The second-order valence-corrected chi connectivity index (χ2v) is 6.39. The van der Waals surface area contributed by atoms with Gasteiger partial charge >= 0.3 is 0 Å². The Morgan fingerprint density at radius 2 is 1.81 bits per heavy atom. The molecule has 110 valence electrons. The van der Waals surface area contributed by atoms with E-state index in [1.807, 2.05) is 35.4 Å². The third-order valence-electron chi connectivity index (χ3n) is 3.59. The summed E-state index contributed by atoms with van der Waals surface area (Å²) >= 11 is 0. The monoisotopic (exact) mass is 283 g/mol. The summed E-state index contributed by atoms with van der Waals surface area (Å²) in [5.74, 6) is 1.89. The van der Waals surface area contributed by atoms with E-state index in [4.69, 9.17) is 9.25 Å². The van der Waals surface area contributed by atoms with Crippen molar-refractivity contribution < 1.29 is 9.25 Å². The summed E-state index contributed by atoms with van der Waals surface area (Å²) in [5.41, 5.74) is 1.20. The molecule has 1 aliphatic heterocycles. The average Bonchev–Trinajstić information content (AvgIpc) is 3.07. The van der Waals surface area contributed by atoms with E-state index in [1.165, 1.54) is 5.56 Å². The van der Waals surface area contributed by atoms with Crippen molar-refractivity contribution in [3.63, 3.8) is 0 Å². The zero-order valence-electron chi connectivity index (χ0n) is 12.7. The minimum atomic E-state index is -0.0176. The Balaban J connectivity index is 1.86. The lowest BCUT2D eigenvalue weighted by Crippen LogP contribution is -2.23. The van der Waals surface area contributed by atoms with Gasteiger partial charge in [-0.05, 0) is 23.8 Å². The van der Waals surface area contributed by atoms with E-state index < -0.39 is 0 Å². The van der Waals surface area contributed by atoms with Crippen LogP contribution >= 0.6 is 0 Å². The number of rotatable bonds is 3. The second kappa shape index (κ2) is 5.41. The fourth-order valence-electron chi connectivity index (χ4n) is 2.40. The molecule has 0 aliphatic carbocycles. The summed E-state index contributed by atoms with van der Waals surface area (Å²) in [6.45, 7) is 7.19. The van der Waals surface area contributed by atoms with Gasteiger partial charge in [0.05, 0.1) is 12.8 Å². The first-order chi connectivity index (χ1) is 10.0. The van der Waals surface area contributed by atoms with Gasteiger partial charge in [0.25, 0.3) is 0 Å². The van der Waals surface area contributed by atoms with Gasteiger partial charge in [0.1, 0.15) is 17.6 Å². The predicted molar refractivity (Wildman–Crippen MR) is 82.1 cm³/mol. The van der Waals surface area contributed by atoms with Crippen LogP contribution in [0.15, 0.2) is 65.0 Å². The van der Waals surface area contributed by atoms with Crippen LogP contribution in [0.3, 0.4) is 0 Å². The number of hydrogen-bond acceptors (Lipinski definition) is 3. The van der Waals surface area contributed by atoms with E-state index >= 15 is 0 Å². The van der Waals surface area contributed by atoms with Crippen LogP contribution in [0.2, 0.25) is 0 Å². The van der Waals surface area contributed by atoms with Crippen molar-refractivity contribution >= 4 is 0 Å². The summed E-state index contributed by atoms with van der Waals surface area (Å²) in [7, 11) is 0. The first-order valence-corrected chi connectivity index (χ1v) is 7.28. The Bertz CT molecular complexity index is 608. The fraction of sp³-hybridized carbons (Fsp3) is 0.333. The van der Waals surface area contributed by atoms with Gasteiger partial charge in [-0.1, -0.05) is 51.1 Å². The van der Waals surface area contributed by atoms with Crippen LogP contribution in [0.25, 0.3) is 0 Å². The maximum absolute atomic E-state index is 6.10. The molecular formula is C18H21NO2. The van der Waals surface area contributed by atoms with Gasteiger partial charge in [0.2, 0.25) is 0 Å². The fourth-order valence-corrected chi connectivity index (χ4v) is 2.40. The molecule has 3 nitrogen and oxygen atoms in total. The number of nitrogens with zero attached hydrogens (tertiary/aromatic N) is 1. The van der Waals surface area contributed by atoms with E-state index in [1.54, 1.807) is 6.26 Å². The molecule has 1 atom stereocenters. The lowest BCUT2D eigenvalue weighted by Gasteiger charge is -2.25. The number of hydroxylamine groups is 2. The van der Waals surface area contributed by atoms with Crippen molar-refractivity contribution in [2.75, 3.05) is 0 Å². The van der Waals surface area contributed by atoms with Crippen molar-refractivity contribution in [3.05, 3.63) is 71.9 Å². The molecule has 0 spiro atoms. The van der Waals surface area contributed by atoms with E-state index in [0.717, 1.165) is 18.1 Å². The Hall–Kier alpha value is -2.00. The lowest BCUT2D eigenvalue weighted by atomic mass is 9.93. The summed E-state index contributed by atoms with van der Waals surface area (Å²) in [5, 5.41) is 1.98. The molecule has 21 heavy (non-hydrogen) atoms. The van der Waals surface area contributed by atoms with Gasteiger partial charge in [-0.25, -0.2) is 0 Å². The lowest BCUT2D eigenvalue weighted by molar-refractivity contribution is -0.143. The highest BCUT2D eigenvalue weighted by Gasteiger charge is 2.35. The van der Waals surface area contributed by atoms with E-state index in [9.17, 15) is 0 Å². The number of furan rings is 1. The molecule has 2 aromatic rings. The molecule has 0 unspecified atom stereocenters. The van der Waals surface area contributed by atoms with Gasteiger partial charge in [0.15, 0.2) is 0 Å². The molecule has 1 aromatic heterocycles. The van der Waals surface area contributed by atoms with Crippen molar-refractivity contribution in [1.29, 1.82) is 0 Å². The standard InChI is InChI=1S/C18H21NO2/c1-18(2,3)17-12-15(16-10-7-11-20-16)19(21-17)13-14-8-5-4-6-9-14/h4-12,15H,13H2,1-3H3/t15-/m0/s1. The summed E-state index contributed by atoms with van der Waals surface area (Å²) < 4.78 is 5.58. The molecule has 3 heteroatoms. The smallest absolute Gasteiger partial charge is 0.128 e. The number of hydrogen-bond donors (Lipinski definition) is 0. The Labute approximate surface area is 125 Å². The SMILES string of the molecule is CC(C)(C)C1=C[C@@H](c2ccco2)N(Cc2ccccc2)O1. The van der Waals surface area contributed by atoms with Gasteiger partial charge in [0, 0.05) is 5.41 Å². The van der Waals surface area contributed by atoms with E-state index in [-0.39, 0.29) is 11.5 Å². The molecule has 0 N–H and O–H groups in total. The average molecular weight is 283 g/mol. The highest BCUT2D eigenvalue weighted by atomic mass is 16.7. The maximum atomic E-state index is 6.10. The molecule has 0 saturated heterocycles. The normalized spacial score (nSPS) is 19.4. The van der Waals surface area contributed by atoms with Crippen molar-refractivity contribution in [1.82, 2.24) is 5.06 Å². The molecular weight excluding hydrogens is 262 g/mol. The van der Waals surface area contributed by atoms with Crippen LogP contribution in [-0.4, -0.2) is 5.06 Å². The Morgan fingerprint density at radius 1 is 1.05 bits per heavy atom. The summed E-state index contributed by atoms with van der Waals surface area (Å²) in [4.78, 5) is 6.10. The summed E-state index contributed by atoms with van der Waals surface area (Å²) in [6, 6.07) is 14.3. The van der Waals surface area contributed by atoms with Gasteiger partial charge in [-0.15, -0.1) is 5.06 Å². The molecule has 2 heterocycles. The molecule has 1 aliphatic rings. The van der Waals surface area contributed by atoms with Crippen molar-refractivity contribution in [2.45, 2.75) is 33.4 Å². The van der Waals surface area contributed by atoms with Gasteiger partial charge < -0.3 is 9.25 Å². The first-order valence-electron chi connectivity index (χ1n) is 7.28. The molecule has 1 aromatic carbocycles. The molecule has 0 bridgehead atoms. The third kappa shape index (κ3) is 3.03. The quantitative estimate of drug-likeness (QED) is 0.816. The third-order valence-corrected chi connectivity index (χ3v) is 3.59. The van der Waals surface area contributed by atoms with Gasteiger partial charge in [-0.2, -0.15) is 0 Å². The predicted octanol–water partition coefficient (Wildman–Crippen LogP) is 4.70. The molecule has 0 amide bonds. The van der Waals surface area contributed by atoms with Crippen LogP contribution in [0.4, 0.5) is 0 Å². The van der Waals surface area contributed by atoms with E-state index in [2.05, 4.69) is 39.0 Å². The molecule has 0 radical (unpaired) electrons. The number of benzene rings is 1. The van der Waals surface area contributed by atoms with Crippen molar-refractivity contribution in [2.24, 2.45) is 5.41 Å². The highest BCUT2D eigenvalue weighted by Crippen LogP contribution is 2.39. The van der Waals surface area contributed by atoms with E-state index in [0.29, 0.717) is 0 Å². The van der Waals surface area contributed by atoms with Crippen LogP contribution < -0.4 is 0 Å². The topological polar surface area (TPSA) is 25.6 Å². The van der Waals surface area contributed by atoms with Crippen LogP contribution in [-0.2, 0) is 11.4 Å². The minimum absolute atomic E-state index is 0.0176. The maximum Gasteiger partial charge on any atom is 0.128 e. The molecule has 0 fully saturated rings. The van der Waals surface area contributed by atoms with Crippen LogP contribution in [0, 0.1) is 5.41 Å². The van der Waals surface area contributed by atoms with Crippen LogP contribution in [0.5, 0.6) is 0 Å². The minimum Gasteiger partial charge on any atom is -0.467 e. The zero-order valence-corrected chi connectivity index (χ0v) is 12.7.